The maximum atomic E-state index is 12.9. The van der Waals surface area contributed by atoms with Gasteiger partial charge >= 0.3 is 0 Å². The summed E-state index contributed by atoms with van der Waals surface area (Å²) >= 11 is 0. The van der Waals surface area contributed by atoms with Gasteiger partial charge in [0.15, 0.2) is 0 Å². The van der Waals surface area contributed by atoms with E-state index in [1.165, 1.54) is 5.56 Å². The number of aromatic nitrogens is 2. The lowest BCUT2D eigenvalue weighted by atomic mass is 10.1. The minimum absolute atomic E-state index is 0.0177. The van der Waals surface area contributed by atoms with Crippen LogP contribution in [0.3, 0.4) is 0 Å². The smallest absolute Gasteiger partial charge is 0.229 e. The van der Waals surface area contributed by atoms with Crippen molar-refractivity contribution in [1.82, 2.24) is 9.38 Å². The number of amides is 2. The SMILES string of the molecule is Cc1ccc(N2C[C@@H](C(=O)Nc3ccc(-c4cn5cccc(C)c5n4)cc3)CC2=O)cc1C. The van der Waals surface area contributed by atoms with Gasteiger partial charge in [0.1, 0.15) is 5.65 Å². The highest BCUT2D eigenvalue weighted by atomic mass is 16.2. The van der Waals surface area contributed by atoms with Crippen molar-refractivity contribution in [1.29, 1.82) is 0 Å². The van der Waals surface area contributed by atoms with E-state index in [-0.39, 0.29) is 24.2 Å². The fraction of sp³-hybridized carbons (Fsp3) is 0.222. The number of rotatable bonds is 4. The maximum Gasteiger partial charge on any atom is 0.229 e. The van der Waals surface area contributed by atoms with E-state index in [2.05, 4.69) is 5.32 Å². The Balaban J connectivity index is 1.27. The molecule has 5 rings (SSSR count). The molecule has 1 fully saturated rings. The summed E-state index contributed by atoms with van der Waals surface area (Å²) in [5.41, 5.74) is 7.79. The van der Waals surface area contributed by atoms with E-state index in [1.54, 1.807) is 4.90 Å². The molecule has 2 amide bonds. The first-order valence-electron chi connectivity index (χ1n) is 11.1. The molecule has 6 heteroatoms. The summed E-state index contributed by atoms with van der Waals surface area (Å²) in [5.74, 6) is -0.526. The number of hydrogen-bond donors (Lipinski definition) is 1. The molecule has 33 heavy (non-hydrogen) atoms. The van der Waals surface area contributed by atoms with Gasteiger partial charge in [0, 0.05) is 42.3 Å². The molecule has 2 aromatic carbocycles. The van der Waals surface area contributed by atoms with Gasteiger partial charge in [-0.05, 0) is 67.8 Å². The summed E-state index contributed by atoms with van der Waals surface area (Å²) in [7, 11) is 0. The van der Waals surface area contributed by atoms with Crippen LogP contribution >= 0.6 is 0 Å². The second kappa shape index (κ2) is 8.20. The molecule has 166 valence electrons. The Morgan fingerprint density at radius 2 is 1.79 bits per heavy atom. The van der Waals surface area contributed by atoms with Gasteiger partial charge in [0.05, 0.1) is 11.6 Å². The quantitative estimate of drug-likeness (QED) is 0.492. The van der Waals surface area contributed by atoms with Crippen molar-refractivity contribution in [3.63, 3.8) is 0 Å². The van der Waals surface area contributed by atoms with Crippen molar-refractivity contribution in [3.05, 3.63) is 83.7 Å². The van der Waals surface area contributed by atoms with E-state index in [4.69, 9.17) is 4.98 Å². The Bertz CT molecular complexity index is 1370. The van der Waals surface area contributed by atoms with Crippen molar-refractivity contribution in [3.8, 4) is 11.3 Å². The van der Waals surface area contributed by atoms with Crippen LogP contribution in [0.1, 0.15) is 23.1 Å². The first kappa shape index (κ1) is 20.9. The molecule has 1 saturated heterocycles. The fourth-order valence-corrected chi connectivity index (χ4v) is 4.29. The summed E-state index contributed by atoms with van der Waals surface area (Å²) in [6.45, 7) is 6.51. The molecule has 0 saturated carbocycles. The third-order valence-corrected chi connectivity index (χ3v) is 6.42. The van der Waals surface area contributed by atoms with Gasteiger partial charge in [-0.25, -0.2) is 4.98 Å². The third-order valence-electron chi connectivity index (χ3n) is 6.42. The Labute approximate surface area is 192 Å². The van der Waals surface area contributed by atoms with Crippen molar-refractivity contribution in [2.24, 2.45) is 5.92 Å². The van der Waals surface area contributed by atoms with E-state index in [1.807, 2.05) is 92.2 Å². The zero-order valence-electron chi connectivity index (χ0n) is 19.0. The number of benzene rings is 2. The minimum atomic E-state index is -0.375. The maximum absolute atomic E-state index is 12.9. The Kier molecular flexibility index (Phi) is 5.21. The van der Waals surface area contributed by atoms with Gasteiger partial charge < -0.3 is 14.6 Å². The van der Waals surface area contributed by atoms with Gasteiger partial charge in [-0.1, -0.05) is 24.3 Å². The first-order chi connectivity index (χ1) is 15.9. The number of fused-ring (bicyclic) bond motifs is 1. The predicted octanol–water partition coefficient (Wildman–Crippen LogP) is 4.92. The molecule has 6 nitrogen and oxygen atoms in total. The zero-order chi connectivity index (χ0) is 23.1. The molecule has 2 aromatic heterocycles. The van der Waals surface area contributed by atoms with Crippen LogP contribution in [-0.2, 0) is 9.59 Å². The zero-order valence-corrected chi connectivity index (χ0v) is 19.0. The lowest BCUT2D eigenvalue weighted by molar-refractivity contribution is -0.122. The number of pyridine rings is 1. The van der Waals surface area contributed by atoms with Crippen LogP contribution in [0.5, 0.6) is 0 Å². The molecule has 0 aliphatic carbocycles. The molecule has 1 atom stereocenters. The Hall–Kier alpha value is -3.93. The largest absolute Gasteiger partial charge is 0.326 e. The van der Waals surface area contributed by atoms with E-state index >= 15 is 0 Å². The van der Waals surface area contributed by atoms with Gasteiger partial charge in [-0.3, -0.25) is 9.59 Å². The molecular formula is C27H26N4O2. The second-order valence-electron chi connectivity index (χ2n) is 8.79. The first-order valence-corrected chi connectivity index (χ1v) is 11.1. The summed E-state index contributed by atoms with van der Waals surface area (Å²) in [4.78, 5) is 31.9. The second-order valence-corrected chi connectivity index (χ2v) is 8.79. The normalized spacial score (nSPS) is 15.9. The summed E-state index contributed by atoms with van der Waals surface area (Å²) in [5, 5.41) is 2.97. The molecule has 0 radical (unpaired) electrons. The van der Waals surface area contributed by atoms with Crippen LogP contribution < -0.4 is 10.2 Å². The van der Waals surface area contributed by atoms with Crippen molar-refractivity contribution in [2.45, 2.75) is 27.2 Å². The van der Waals surface area contributed by atoms with Gasteiger partial charge in [0.2, 0.25) is 11.8 Å². The van der Waals surface area contributed by atoms with E-state index in [0.29, 0.717) is 12.2 Å². The topological polar surface area (TPSA) is 66.7 Å². The number of nitrogens with one attached hydrogen (secondary N) is 1. The lowest BCUT2D eigenvalue weighted by Gasteiger charge is -2.18. The molecule has 0 bridgehead atoms. The molecule has 0 unspecified atom stereocenters. The molecule has 3 heterocycles. The molecule has 1 aliphatic rings. The predicted molar refractivity (Wildman–Crippen MR) is 130 cm³/mol. The number of nitrogens with zero attached hydrogens (tertiary/aromatic N) is 3. The van der Waals surface area contributed by atoms with Gasteiger partial charge in [0.25, 0.3) is 0 Å². The van der Waals surface area contributed by atoms with Crippen LogP contribution in [-0.4, -0.2) is 27.7 Å². The standard InChI is InChI=1S/C27H26N4O2/c1-17-6-11-23(13-19(17)3)31-15-21(14-25(31)32)27(33)28-22-9-7-20(8-10-22)24-16-30-12-4-5-18(2)26(30)29-24/h4-13,16,21H,14-15H2,1-3H3,(H,28,33)/t21-/m0/s1. The average molecular weight is 439 g/mol. The summed E-state index contributed by atoms with van der Waals surface area (Å²) in [6.07, 6.45) is 4.20. The fourth-order valence-electron chi connectivity index (χ4n) is 4.29. The highest BCUT2D eigenvalue weighted by Crippen LogP contribution is 2.28. The van der Waals surface area contributed by atoms with Crippen LogP contribution in [0.2, 0.25) is 0 Å². The van der Waals surface area contributed by atoms with E-state index < -0.39 is 0 Å². The van der Waals surface area contributed by atoms with E-state index in [0.717, 1.165) is 33.7 Å². The van der Waals surface area contributed by atoms with Crippen molar-refractivity contribution in [2.75, 3.05) is 16.8 Å². The minimum Gasteiger partial charge on any atom is -0.326 e. The molecular weight excluding hydrogens is 412 g/mol. The van der Waals surface area contributed by atoms with Crippen LogP contribution in [0.4, 0.5) is 11.4 Å². The molecule has 1 aliphatic heterocycles. The highest BCUT2D eigenvalue weighted by Gasteiger charge is 2.35. The van der Waals surface area contributed by atoms with Gasteiger partial charge in [-0.2, -0.15) is 0 Å². The van der Waals surface area contributed by atoms with Gasteiger partial charge in [-0.15, -0.1) is 0 Å². The van der Waals surface area contributed by atoms with E-state index in [9.17, 15) is 9.59 Å². The number of carbonyl (C=O) groups excluding carboxylic acids is 2. The number of aryl methyl sites for hydroxylation is 3. The number of hydrogen-bond acceptors (Lipinski definition) is 3. The Morgan fingerprint density at radius 1 is 1.00 bits per heavy atom. The third kappa shape index (κ3) is 4.00. The van der Waals surface area contributed by atoms with Crippen molar-refractivity contribution < 1.29 is 9.59 Å². The molecule has 4 aromatic rings. The molecule has 1 N–H and O–H groups in total. The highest BCUT2D eigenvalue weighted by molar-refractivity contribution is 6.03. The van der Waals surface area contributed by atoms with Crippen LogP contribution in [0, 0.1) is 26.7 Å². The van der Waals surface area contributed by atoms with Crippen LogP contribution in [0.15, 0.2) is 67.0 Å². The monoisotopic (exact) mass is 438 g/mol. The van der Waals surface area contributed by atoms with Crippen LogP contribution in [0.25, 0.3) is 16.9 Å². The number of imidazole rings is 1. The lowest BCUT2D eigenvalue weighted by Crippen LogP contribution is -2.28. The number of anilines is 2. The van der Waals surface area contributed by atoms with Crippen molar-refractivity contribution >= 4 is 28.8 Å². The summed E-state index contributed by atoms with van der Waals surface area (Å²) < 4.78 is 2.01. The Morgan fingerprint density at radius 3 is 2.52 bits per heavy atom. The average Bonchev–Trinajstić information content (AvgIpc) is 3.41. The number of carbonyl (C=O) groups is 2. The molecule has 0 spiro atoms. The summed E-state index contributed by atoms with van der Waals surface area (Å²) in [6, 6.07) is 17.7.